The number of nitrogen functional groups attached to an aromatic ring is 1. The lowest BCUT2D eigenvalue weighted by molar-refractivity contribution is 0.182. The summed E-state index contributed by atoms with van der Waals surface area (Å²) in [6.07, 6.45) is 0. The van der Waals surface area contributed by atoms with Crippen molar-refractivity contribution in [2.75, 3.05) is 30.9 Å². The van der Waals surface area contributed by atoms with Crippen molar-refractivity contribution < 1.29 is 13.5 Å². The van der Waals surface area contributed by atoms with E-state index in [4.69, 9.17) is 10.5 Å². The van der Waals surface area contributed by atoms with E-state index in [1.165, 1.54) is 6.07 Å². The first-order valence-corrected chi connectivity index (χ1v) is 5.51. The van der Waals surface area contributed by atoms with Crippen LogP contribution in [0, 0.1) is 11.6 Å². The molecule has 0 radical (unpaired) electrons. The van der Waals surface area contributed by atoms with Crippen LogP contribution in [0.1, 0.15) is 13.8 Å². The van der Waals surface area contributed by atoms with Crippen molar-refractivity contribution in [1.82, 2.24) is 0 Å². The first-order valence-electron chi connectivity index (χ1n) is 5.51. The number of benzene rings is 1. The quantitative estimate of drug-likeness (QED) is 0.808. The van der Waals surface area contributed by atoms with Gasteiger partial charge < -0.3 is 15.4 Å². The molecular weight excluding hydrogens is 226 g/mol. The SMILES string of the molecule is CCN(c1cc(F)cc(F)c1N)C(C)COC. The zero-order chi connectivity index (χ0) is 13.0. The molecule has 0 amide bonds. The molecule has 1 aromatic rings. The largest absolute Gasteiger partial charge is 0.395 e. The fourth-order valence-corrected chi connectivity index (χ4v) is 1.86. The summed E-state index contributed by atoms with van der Waals surface area (Å²) in [7, 11) is 1.58. The monoisotopic (exact) mass is 244 g/mol. The van der Waals surface area contributed by atoms with Crippen LogP contribution in [-0.4, -0.2) is 26.3 Å². The van der Waals surface area contributed by atoms with E-state index >= 15 is 0 Å². The lowest BCUT2D eigenvalue weighted by Crippen LogP contribution is -2.36. The third-order valence-electron chi connectivity index (χ3n) is 2.66. The number of hydrogen-bond acceptors (Lipinski definition) is 3. The highest BCUT2D eigenvalue weighted by Crippen LogP contribution is 2.28. The Balaban J connectivity index is 3.11. The van der Waals surface area contributed by atoms with E-state index in [0.29, 0.717) is 18.8 Å². The summed E-state index contributed by atoms with van der Waals surface area (Å²) in [5, 5.41) is 0. The molecule has 0 heterocycles. The first-order chi connectivity index (χ1) is 8.01. The second kappa shape index (κ2) is 5.82. The van der Waals surface area contributed by atoms with Crippen molar-refractivity contribution in [3.05, 3.63) is 23.8 Å². The zero-order valence-electron chi connectivity index (χ0n) is 10.3. The molecule has 1 unspecified atom stereocenters. The summed E-state index contributed by atoms with van der Waals surface area (Å²) in [5.74, 6) is -1.36. The Kier molecular flexibility index (Phi) is 4.69. The molecule has 0 aliphatic carbocycles. The smallest absolute Gasteiger partial charge is 0.151 e. The fraction of sp³-hybridized carbons (Fsp3) is 0.500. The van der Waals surface area contributed by atoms with Gasteiger partial charge in [0, 0.05) is 25.8 Å². The normalized spacial score (nSPS) is 12.5. The molecule has 5 heteroatoms. The van der Waals surface area contributed by atoms with Crippen molar-refractivity contribution in [3.8, 4) is 0 Å². The van der Waals surface area contributed by atoms with Crippen molar-refractivity contribution in [1.29, 1.82) is 0 Å². The van der Waals surface area contributed by atoms with Gasteiger partial charge in [-0.05, 0) is 19.9 Å². The lowest BCUT2D eigenvalue weighted by atomic mass is 10.2. The topological polar surface area (TPSA) is 38.5 Å². The number of methoxy groups -OCH3 is 1. The maximum Gasteiger partial charge on any atom is 0.151 e. The van der Waals surface area contributed by atoms with Crippen LogP contribution >= 0.6 is 0 Å². The molecule has 0 bridgehead atoms. The Bertz CT molecular complexity index is 385. The van der Waals surface area contributed by atoms with Crippen molar-refractivity contribution in [2.45, 2.75) is 19.9 Å². The van der Waals surface area contributed by atoms with Crippen molar-refractivity contribution in [2.24, 2.45) is 0 Å². The van der Waals surface area contributed by atoms with Gasteiger partial charge in [0.25, 0.3) is 0 Å². The van der Waals surface area contributed by atoms with Gasteiger partial charge in [0.2, 0.25) is 0 Å². The third-order valence-corrected chi connectivity index (χ3v) is 2.66. The van der Waals surface area contributed by atoms with Crippen LogP contribution < -0.4 is 10.6 Å². The van der Waals surface area contributed by atoms with Gasteiger partial charge in [-0.1, -0.05) is 0 Å². The molecule has 2 N–H and O–H groups in total. The second-order valence-electron chi connectivity index (χ2n) is 3.91. The number of ether oxygens (including phenoxy) is 1. The highest BCUT2D eigenvalue weighted by atomic mass is 19.1. The van der Waals surface area contributed by atoms with Crippen LogP contribution in [0.25, 0.3) is 0 Å². The minimum absolute atomic E-state index is 0.00602. The number of nitrogens with two attached hydrogens (primary N) is 1. The van der Waals surface area contributed by atoms with Gasteiger partial charge >= 0.3 is 0 Å². The van der Waals surface area contributed by atoms with Gasteiger partial charge in [-0.25, -0.2) is 8.78 Å². The van der Waals surface area contributed by atoms with E-state index in [-0.39, 0.29) is 11.7 Å². The highest BCUT2D eigenvalue weighted by molar-refractivity contribution is 5.68. The molecule has 1 aromatic carbocycles. The Hall–Kier alpha value is -1.36. The van der Waals surface area contributed by atoms with Gasteiger partial charge in [-0.2, -0.15) is 0 Å². The molecule has 3 nitrogen and oxygen atoms in total. The van der Waals surface area contributed by atoms with Crippen LogP contribution in [0.15, 0.2) is 12.1 Å². The molecule has 1 rings (SSSR count). The predicted molar refractivity (Wildman–Crippen MR) is 65.1 cm³/mol. The van der Waals surface area contributed by atoms with Crippen molar-refractivity contribution >= 4 is 11.4 Å². The van der Waals surface area contributed by atoms with Crippen LogP contribution in [0.4, 0.5) is 20.2 Å². The molecule has 0 aliphatic rings. The summed E-state index contributed by atoms with van der Waals surface area (Å²) in [6, 6.07) is 2.02. The van der Waals surface area contributed by atoms with Crippen LogP contribution in [0.5, 0.6) is 0 Å². The summed E-state index contributed by atoms with van der Waals surface area (Å²) in [4.78, 5) is 1.81. The van der Waals surface area contributed by atoms with E-state index in [9.17, 15) is 8.78 Å². The minimum atomic E-state index is -0.733. The number of hydrogen-bond donors (Lipinski definition) is 1. The number of rotatable bonds is 5. The van der Waals surface area contributed by atoms with Crippen LogP contribution in [0.3, 0.4) is 0 Å². The summed E-state index contributed by atoms with van der Waals surface area (Å²) >= 11 is 0. The van der Waals surface area contributed by atoms with Crippen LogP contribution in [-0.2, 0) is 4.74 Å². The van der Waals surface area contributed by atoms with E-state index in [0.717, 1.165) is 6.07 Å². The number of likely N-dealkylation sites (N-methyl/N-ethyl adjacent to an activating group) is 1. The molecule has 0 aromatic heterocycles. The number of anilines is 2. The Morgan fingerprint density at radius 1 is 1.41 bits per heavy atom. The van der Waals surface area contributed by atoms with E-state index in [1.54, 1.807) is 7.11 Å². The molecule has 0 saturated heterocycles. The Morgan fingerprint density at radius 3 is 2.59 bits per heavy atom. The molecule has 96 valence electrons. The molecule has 17 heavy (non-hydrogen) atoms. The number of nitrogens with zero attached hydrogens (tertiary/aromatic N) is 1. The van der Waals surface area contributed by atoms with E-state index < -0.39 is 11.6 Å². The van der Waals surface area contributed by atoms with E-state index in [1.807, 2.05) is 18.7 Å². The first kappa shape index (κ1) is 13.7. The molecule has 0 aliphatic heterocycles. The van der Waals surface area contributed by atoms with E-state index in [2.05, 4.69) is 0 Å². The predicted octanol–water partition coefficient (Wildman–Crippen LogP) is 2.41. The van der Waals surface area contributed by atoms with Crippen LogP contribution in [0.2, 0.25) is 0 Å². The van der Waals surface area contributed by atoms with Gasteiger partial charge in [-0.15, -0.1) is 0 Å². The minimum Gasteiger partial charge on any atom is -0.395 e. The van der Waals surface area contributed by atoms with Crippen molar-refractivity contribution in [3.63, 3.8) is 0 Å². The summed E-state index contributed by atoms with van der Waals surface area (Å²) < 4.78 is 31.6. The Labute approximate surface area is 100 Å². The molecule has 1 atom stereocenters. The van der Waals surface area contributed by atoms with Gasteiger partial charge in [0.1, 0.15) is 5.82 Å². The average molecular weight is 244 g/mol. The molecule has 0 fully saturated rings. The Morgan fingerprint density at radius 2 is 2.06 bits per heavy atom. The number of halogens is 2. The maximum absolute atomic E-state index is 13.4. The average Bonchev–Trinajstić information content (AvgIpc) is 2.26. The maximum atomic E-state index is 13.4. The fourth-order valence-electron chi connectivity index (χ4n) is 1.86. The standard InChI is InChI=1S/C12H18F2N2O/c1-4-16(8(2)7-17-3)11-6-9(13)5-10(14)12(11)15/h5-6,8H,4,7,15H2,1-3H3. The van der Waals surface area contributed by atoms with Gasteiger partial charge in [0.15, 0.2) is 5.82 Å². The summed E-state index contributed by atoms with van der Waals surface area (Å²) in [6.45, 7) is 4.87. The summed E-state index contributed by atoms with van der Waals surface area (Å²) in [5.41, 5.74) is 5.98. The van der Waals surface area contributed by atoms with Gasteiger partial charge in [-0.3, -0.25) is 0 Å². The zero-order valence-corrected chi connectivity index (χ0v) is 10.3. The second-order valence-corrected chi connectivity index (χ2v) is 3.91. The highest BCUT2D eigenvalue weighted by Gasteiger charge is 2.18. The molecule has 0 spiro atoms. The lowest BCUT2D eigenvalue weighted by Gasteiger charge is -2.30. The molecular formula is C12H18F2N2O. The molecule has 0 saturated carbocycles. The van der Waals surface area contributed by atoms with Gasteiger partial charge in [0.05, 0.1) is 18.0 Å². The third kappa shape index (κ3) is 3.06.